The first-order chi connectivity index (χ1) is 27.5. The molecule has 0 amide bonds. The molecule has 1 saturated heterocycles. The van der Waals surface area contributed by atoms with Gasteiger partial charge in [-0.05, 0) is 110 Å². The van der Waals surface area contributed by atoms with Crippen LogP contribution in [0.1, 0.15) is 89.6 Å². The lowest BCUT2D eigenvalue weighted by molar-refractivity contribution is 0.260. The molecule has 14 heteroatoms. The third-order valence-electron chi connectivity index (χ3n) is 10.3. The van der Waals surface area contributed by atoms with Crippen molar-refractivity contribution in [2.75, 3.05) is 32.7 Å². The number of rotatable bonds is 14. The normalized spacial score (nSPS) is 14.0. The van der Waals surface area contributed by atoms with Crippen LogP contribution in [0.2, 0.25) is 0 Å². The number of aliphatic imine (C=N–C) groups is 1. The Morgan fingerprint density at radius 2 is 1.66 bits per heavy atom. The van der Waals surface area contributed by atoms with Crippen LogP contribution >= 0.6 is 0 Å². The third-order valence-corrected chi connectivity index (χ3v) is 12.2. The van der Waals surface area contributed by atoms with Crippen LogP contribution in [-0.4, -0.2) is 77.0 Å². The number of nitrogens with zero attached hydrogens (tertiary/aromatic N) is 5. The maximum absolute atomic E-state index is 13.5. The third kappa shape index (κ3) is 12.3. The highest BCUT2D eigenvalue weighted by Gasteiger charge is 2.32. The predicted octanol–water partition coefficient (Wildman–Crippen LogP) is 5.52. The number of aromatic amines is 1. The summed E-state index contributed by atoms with van der Waals surface area (Å²) in [7, 11) is -3.53. The first-order valence-corrected chi connectivity index (χ1v) is 21.7. The van der Waals surface area contributed by atoms with Crippen molar-refractivity contribution in [3.8, 4) is 5.69 Å². The average Bonchev–Trinajstić information content (AvgIpc) is 3.62. The van der Waals surface area contributed by atoms with Gasteiger partial charge < -0.3 is 27.1 Å². The van der Waals surface area contributed by atoms with E-state index in [0.717, 1.165) is 91.7 Å². The summed E-state index contributed by atoms with van der Waals surface area (Å²) in [6, 6.07) is 21.4. The topological polar surface area (TPSA) is 189 Å². The zero-order valence-electron chi connectivity index (χ0n) is 35.0. The lowest BCUT2D eigenvalue weighted by Gasteiger charge is -2.34. The largest absolute Gasteiger partial charge is 0.370 e. The van der Waals surface area contributed by atoms with Crippen molar-refractivity contribution in [2.24, 2.45) is 16.5 Å². The van der Waals surface area contributed by atoms with Gasteiger partial charge in [-0.3, -0.25) is 14.5 Å². The molecule has 1 aliphatic heterocycles. The second-order valence-electron chi connectivity index (χ2n) is 17.0. The molecule has 0 saturated carbocycles. The van der Waals surface area contributed by atoms with E-state index in [1.54, 1.807) is 27.2 Å². The number of piperidine rings is 1. The number of sulfonamides is 1. The molecule has 3 aromatic heterocycles. The van der Waals surface area contributed by atoms with Gasteiger partial charge in [0.1, 0.15) is 5.65 Å². The zero-order valence-corrected chi connectivity index (χ0v) is 35.8. The number of H-pyrrole nitrogens is 1. The second-order valence-corrected chi connectivity index (χ2v) is 18.9. The molecule has 312 valence electrons. The van der Waals surface area contributed by atoms with Crippen LogP contribution < -0.4 is 27.8 Å². The average molecular weight is 811 g/mol. The Balaban J connectivity index is 0.000000221. The van der Waals surface area contributed by atoms with Crippen molar-refractivity contribution in [3.63, 3.8) is 0 Å². The summed E-state index contributed by atoms with van der Waals surface area (Å²) < 4.78 is 30.4. The lowest BCUT2D eigenvalue weighted by atomic mass is 9.87. The van der Waals surface area contributed by atoms with Gasteiger partial charge in [-0.1, -0.05) is 71.9 Å². The van der Waals surface area contributed by atoms with Crippen LogP contribution in [-0.2, 0) is 33.8 Å². The van der Waals surface area contributed by atoms with Crippen molar-refractivity contribution < 1.29 is 8.42 Å². The minimum absolute atomic E-state index is 0.000731. The second kappa shape index (κ2) is 19.7. The van der Waals surface area contributed by atoms with E-state index >= 15 is 0 Å². The van der Waals surface area contributed by atoms with E-state index in [4.69, 9.17) is 11.5 Å². The first-order valence-electron chi connectivity index (χ1n) is 20.2. The molecular formula is C44H62N10O3S. The summed E-state index contributed by atoms with van der Waals surface area (Å²) in [4.78, 5) is 28.5. The van der Waals surface area contributed by atoms with Crippen molar-refractivity contribution in [3.05, 3.63) is 118 Å². The van der Waals surface area contributed by atoms with Crippen LogP contribution in [0.5, 0.6) is 0 Å². The quantitative estimate of drug-likeness (QED) is 0.0547. The Kier molecular flexibility index (Phi) is 15.0. The number of pyridine rings is 1. The Hall–Kier alpha value is -4.89. The lowest BCUT2D eigenvalue weighted by Crippen LogP contribution is -2.46. The van der Waals surface area contributed by atoms with Gasteiger partial charge in [-0.25, -0.2) is 13.2 Å². The number of nitrogens with one attached hydrogen (secondary N) is 3. The molecule has 0 bridgehead atoms. The van der Waals surface area contributed by atoms with E-state index in [1.165, 1.54) is 0 Å². The number of aromatic nitrogens is 4. The summed E-state index contributed by atoms with van der Waals surface area (Å²) in [5.41, 5.74) is 16.1. The molecule has 0 aliphatic carbocycles. The summed E-state index contributed by atoms with van der Waals surface area (Å²) in [6.45, 7) is 17.2. The Morgan fingerprint density at radius 3 is 2.28 bits per heavy atom. The van der Waals surface area contributed by atoms with Crippen LogP contribution in [0.15, 0.2) is 100 Å². The summed E-state index contributed by atoms with van der Waals surface area (Å²) in [6.07, 6.45) is 9.64. The van der Waals surface area contributed by atoms with Gasteiger partial charge in [0, 0.05) is 60.8 Å². The van der Waals surface area contributed by atoms with Crippen molar-refractivity contribution in [1.29, 1.82) is 0 Å². The minimum atomic E-state index is -3.53. The molecular weight excluding hydrogens is 749 g/mol. The highest BCUT2D eigenvalue weighted by molar-refractivity contribution is 7.89. The van der Waals surface area contributed by atoms with Gasteiger partial charge in [0.2, 0.25) is 10.0 Å². The number of fused-ring (bicyclic) bond motifs is 1. The van der Waals surface area contributed by atoms with Gasteiger partial charge >= 0.3 is 5.69 Å². The Morgan fingerprint density at radius 1 is 0.948 bits per heavy atom. The molecule has 13 nitrogen and oxygen atoms in total. The SMILES string of the molecule is CC(C)(C)c1cc2cn(-c3ccc(CNCCCN=C(N)N)cc3)c(=O)nc2[nH]1.CC(C)(C)c1ccc(S(=O)(=O)N(CCCc2cccnc2)C2CCNCC2)cc1. The van der Waals surface area contributed by atoms with Crippen LogP contribution in [0.3, 0.4) is 0 Å². The summed E-state index contributed by atoms with van der Waals surface area (Å²) in [5, 5.41) is 7.61. The Labute approximate surface area is 343 Å². The Bertz CT molecular complexity index is 2250. The molecule has 0 radical (unpaired) electrons. The van der Waals surface area contributed by atoms with Crippen LogP contribution in [0.25, 0.3) is 16.7 Å². The van der Waals surface area contributed by atoms with Crippen molar-refractivity contribution >= 4 is 27.0 Å². The molecule has 4 heterocycles. The number of benzene rings is 2. The number of aryl methyl sites for hydroxylation is 1. The fourth-order valence-electron chi connectivity index (χ4n) is 6.84. The molecule has 0 atom stereocenters. The molecule has 0 unspecified atom stereocenters. The zero-order chi connectivity index (χ0) is 41.9. The highest BCUT2D eigenvalue weighted by atomic mass is 32.2. The number of nitrogens with two attached hydrogens (primary N) is 2. The number of hydrogen-bond acceptors (Lipinski definition) is 8. The summed E-state index contributed by atoms with van der Waals surface area (Å²) >= 11 is 0. The first kappa shape index (κ1) is 44.2. The fourth-order valence-corrected chi connectivity index (χ4v) is 8.57. The number of hydrogen-bond donors (Lipinski definition) is 5. The minimum Gasteiger partial charge on any atom is -0.370 e. The molecule has 7 N–H and O–H groups in total. The molecule has 0 spiro atoms. The van der Waals surface area contributed by atoms with E-state index in [2.05, 4.69) is 78.2 Å². The number of guanidine groups is 1. The van der Waals surface area contributed by atoms with E-state index in [1.807, 2.05) is 60.9 Å². The van der Waals surface area contributed by atoms with Crippen LogP contribution in [0, 0.1) is 0 Å². The fraction of sp³-hybridized carbons (Fsp3) is 0.455. The maximum atomic E-state index is 13.5. The smallest absolute Gasteiger partial charge is 0.354 e. The van der Waals surface area contributed by atoms with E-state index < -0.39 is 10.0 Å². The monoisotopic (exact) mass is 810 g/mol. The molecule has 1 fully saturated rings. The van der Waals surface area contributed by atoms with Gasteiger partial charge in [0.05, 0.1) is 10.6 Å². The standard InChI is InChI=1S/C23H33N3O2S.C21H29N7O/c1-23(2,3)20-8-10-22(11-9-20)29(27,28)26(21-12-15-24-16-13-21)17-5-7-19-6-4-14-25-18-19;1-21(2,3)17-11-15-13-28(20(29)27-18(15)26-17)16-7-5-14(6-8-16)12-24-9-4-10-25-19(22)23/h4,6,8-11,14,18,21,24H,5,7,12-13,15-17H2,1-3H3;5-8,11,13,24H,4,9-10,12H2,1-3H3,(H4,22,23,25)(H,26,27,29). The molecule has 2 aromatic carbocycles. The summed E-state index contributed by atoms with van der Waals surface area (Å²) in [5.74, 6) is 0.123. The van der Waals surface area contributed by atoms with E-state index in [9.17, 15) is 13.2 Å². The van der Waals surface area contributed by atoms with Gasteiger partial charge in [0.25, 0.3) is 0 Å². The maximum Gasteiger partial charge on any atom is 0.354 e. The molecule has 6 rings (SSSR count). The van der Waals surface area contributed by atoms with E-state index in [0.29, 0.717) is 23.6 Å². The van der Waals surface area contributed by atoms with Crippen molar-refractivity contribution in [1.82, 2.24) is 34.5 Å². The molecule has 1 aliphatic rings. The van der Waals surface area contributed by atoms with Gasteiger partial charge in [0.15, 0.2) is 5.96 Å². The predicted molar refractivity (Wildman–Crippen MR) is 235 cm³/mol. The molecule has 58 heavy (non-hydrogen) atoms. The highest BCUT2D eigenvalue weighted by Crippen LogP contribution is 2.28. The van der Waals surface area contributed by atoms with Crippen LogP contribution in [0.4, 0.5) is 0 Å². The van der Waals surface area contributed by atoms with E-state index in [-0.39, 0.29) is 28.5 Å². The molecule has 5 aromatic rings. The van der Waals surface area contributed by atoms with Gasteiger partial charge in [-0.15, -0.1) is 0 Å². The van der Waals surface area contributed by atoms with Gasteiger partial charge in [-0.2, -0.15) is 9.29 Å². The van der Waals surface area contributed by atoms with Crippen molar-refractivity contribution in [2.45, 2.75) is 102 Å².